The van der Waals surface area contributed by atoms with E-state index in [9.17, 15) is 4.79 Å². The van der Waals surface area contributed by atoms with E-state index in [4.69, 9.17) is 0 Å². The van der Waals surface area contributed by atoms with Crippen molar-refractivity contribution in [3.05, 3.63) is 0 Å². The zero-order valence-corrected chi connectivity index (χ0v) is 8.92. The molecule has 0 saturated heterocycles. The van der Waals surface area contributed by atoms with E-state index >= 15 is 0 Å². The van der Waals surface area contributed by atoms with Gasteiger partial charge in [-0.3, -0.25) is 4.90 Å². The van der Waals surface area contributed by atoms with E-state index in [-0.39, 0.29) is 0 Å². The summed E-state index contributed by atoms with van der Waals surface area (Å²) < 4.78 is 0. The lowest BCUT2D eigenvalue weighted by Crippen LogP contribution is -2.56. The number of aldehydes is 1. The van der Waals surface area contributed by atoms with Crippen LogP contribution in [0.3, 0.4) is 0 Å². The lowest BCUT2D eigenvalue weighted by atomic mass is 9.75. The normalized spacial score (nSPS) is 20.4. The molecule has 0 heterocycles. The Morgan fingerprint density at radius 3 is 2.23 bits per heavy atom. The highest BCUT2D eigenvalue weighted by atomic mass is 16.1. The second kappa shape index (κ2) is 4.20. The highest BCUT2D eigenvalue weighted by molar-refractivity contribution is 5.51. The van der Waals surface area contributed by atoms with Crippen LogP contribution in [0.1, 0.15) is 19.3 Å². The molecule has 0 aliphatic heterocycles. The molecule has 0 radical (unpaired) electrons. The zero-order valence-electron chi connectivity index (χ0n) is 8.92. The second-order valence-corrected chi connectivity index (χ2v) is 4.34. The van der Waals surface area contributed by atoms with Crippen molar-refractivity contribution in [1.82, 2.24) is 9.80 Å². The fourth-order valence-electron chi connectivity index (χ4n) is 2.03. The zero-order chi connectivity index (χ0) is 9.90. The van der Waals surface area contributed by atoms with Gasteiger partial charge in [-0.15, -0.1) is 0 Å². The molecule has 1 rings (SSSR count). The number of carbonyl (C=O) groups is 1. The van der Waals surface area contributed by atoms with Crippen molar-refractivity contribution in [2.24, 2.45) is 0 Å². The van der Waals surface area contributed by atoms with Gasteiger partial charge in [0.15, 0.2) is 0 Å². The van der Waals surface area contributed by atoms with E-state index in [1.807, 2.05) is 7.05 Å². The molecule has 76 valence electrons. The third-order valence-corrected chi connectivity index (χ3v) is 3.18. The van der Waals surface area contributed by atoms with Gasteiger partial charge in [-0.05, 0) is 40.4 Å². The van der Waals surface area contributed by atoms with Crippen LogP contribution in [0.25, 0.3) is 0 Å². The second-order valence-electron chi connectivity index (χ2n) is 4.34. The molecule has 0 aromatic heterocycles. The van der Waals surface area contributed by atoms with E-state index < -0.39 is 0 Å². The van der Waals surface area contributed by atoms with E-state index in [1.165, 1.54) is 19.3 Å². The van der Waals surface area contributed by atoms with E-state index in [2.05, 4.69) is 23.9 Å². The first kappa shape index (κ1) is 10.7. The number of hydrogen-bond donors (Lipinski definition) is 0. The SMILES string of the molecule is CN(CC=O)CC1(N(C)C)CCC1. The minimum Gasteiger partial charge on any atom is -0.302 e. The van der Waals surface area contributed by atoms with Gasteiger partial charge in [-0.1, -0.05) is 0 Å². The molecule has 0 bridgehead atoms. The van der Waals surface area contributed by atoms with E-state index in [1.54, 1.807) is 0 Å². The number of carbonyl (C=O) groups excluding carboxylic acids is 1. The van der Waals surface area contributed by atoms with Crippen molar-refractivity contribution in [3.63, 3.8) is 0 Å². The van der Waals surface area contributed by atoms with Crippen LogP contribution < -0.4 is 0 Å². The highest BCUT2D eigenvalue weighted by Crippen LogP contribution is 2.36. The Morgan fingerprint density at radius 1 is 1.31 bits per heavy atom. The third kappa shape index (κ3) is 2.29. The Morgan fingerprint density at radius 2 is 1.92 bits per heavy atom. The molecule has 0 amide bonds. The number of hydrogen-bond acceptors (Lipinski definition) is 3. The lowest BCUT2D eigenvalue weighted by molar-refractivity contribution is -0.109. The summed E-state index contributed by atoms with van der Waals surface area (Å²) in [5.74, 6) is 0. The van der Waals surface area contributed by atoms with Crippen molar-refractivity contribution in [1.29, 1.82) is 0 Å². The van der Waals surface area contributed by atoms with Gasteiger partial charge in [0.05, 0.1) is 6.54 Å². The summed E-state index contributed by atoms with van der Waals surface area (Å²) in [6.45, 7) is 1.56. The molecule has 0 aromatic rings. The average molecular weight is 184 g/mol. The summed E-state index contributed by atoms with van der Waals surface area (Å²) in [6, 6.07) is 0. The van der Waals surface area contributed by atoms with Gasteiger partial charge < -0.3 is 9.69 Å². The molecule has 13 heavy (non-hydrogen) atoms. The number of nitrogens with zero attached hydrogens (tertiary/aromatic N) is 2. The van der Waals surface area contributed by atoms with Crippen molar-refractivity contribution in [3.8, 4) is 0 Å². The van der Waals surface area contributed by atoms with Crippen LogP contribution in [0.2, 0.25) is 0 Å². The highest BCUT2D eigenvalue weighted by Gasteiger charge is 2.39. The molecular formula is C10H20N2O. The molecular weight excluding hydrogens is 164 g/mol. The summed E-state index contributed by atoms with van der Waals surface area (Å²) in [5.41, 5.74) is 0.345. The van der Waals surface area contributed by atoms with Crippen LogP contribution in [0.4, 0.5) is 0 Å². The van der Waals surface area contributed by atoms with Crippen LogP contribution in [-0.2, 0) is 4.79 Å². The van der Waals surface area contributed by atoms with Crippen LogP contribution in [0.15, 0.2) is 0 Å². The molecule has 0 aromatic carbocycles. The minimum atomic E-state index is 0.345. The van der Waals surface area contributed by atoms with Gasteiger partial charge in [0, 0.05) is 12.1 Å². The molecule has 1 fully saturated rings. The molecule has 0 atom stereocenters. The van der Waals surface area contributed by atoms with Crippen LogP contribution in [-0.4, -0.2) is 55.9 Å². The summed E-state index contributed by atoms with van der Waals surface area (Å²) in [6.07, 6.45) is 4.83. The molecule has 0 unspecified atom stereocenters. The summed E-state index contributed by atoms with van der Waals surface area (Å²) in [4.78, 5) is 14.7. The first-order valence-electron chi connectivity index (χ1n) is 4.90. The summed E-state index contributed by atoms with van der Waals surface area (Å²) in [5, 5.41) is 0. The maximum atomic E-state index is 10.3. The number of rotatable bonds is 5. The minimum absolute atomic E-state index is 0.345. The van der Waals surface area contributed by atoms with Crippen molar-refractivity contribution in [2.75, 3.05) is 34.2 Å². The van der Waals surface area contributed by atoms with Crippen molar-refractivity contribution < 1.29 is 4.79 Å². The van der Waals surface area contributed by atoms with Gasteiger partial charge >= 0.3 is 0 Å². The van der Waals surface area contributed by atoms with Gasteiger partial charge in [-0.2, -0.15) is 0 Å². The molecule has 1 aliphatic rings. The smallest absolute Gasteiger partial charge is 0.133 e. The van der Waals surface area contributed by atoms with Crippen LogP contribution in [0.5, 0.6) is 0 Å². The number of likely N-dealkylation sites (N-methyl/N-ethyl adjacent to an activating group) is 2. The Hall–Kier alpha value is -0.410. The van der Waals surface area contributed by atoms with E-state index in [0.717, 1.165) is 12.8 Å². The topological polar surface area (TPSA) is 23.6 Å². The molecule has 0 N–H and O–H groups in total. The van der Waals surface area contributed by atoms with Crippen LogP contribution in [0, 0.1) is 0 Å². The Kier molecular flexibility index (Phi) is 3.45. The average Bonchev–Trinajstić information content (AvgIpc) is 1.96. The monoisotopic (exact) mass is 184 g/mol. The van der Waals surface area contributed by atoms with Gasteiger partial charge in [0.1, 0.15) is 6.29 Å². The molecule has 3 nitrogen and oxygen atoms in total. The summed E-state index contributed by atoms with van der Waals surface area (Å²) in [7, 11) is 6.28. The predicted octanol–water partition coefficient (Wildman–Crippen LogP) is 0.601. The molecule has 3 heteroatoms. The largest absolute Gasteiger partial charge is 0.302 e. The standard InChI is InChI=1S/C10H20N2O/c1-11(2)10(5-4-6-10)9-12(3)7-8-13/h8H,4-7,9H2,1-3H3. The molecule has 1 aliphatic carbocycles. The fourth-order valence-corrected chi connectivity index (χ4v) is 2.03. The molecule has 0 spiro atoms. The Labute approximate surface area is 80.7 Å². The van der Waals surface area contributed by atoms with Crippen molar-refractivity contribution in [2.45, 2.75) is 24.8 Å². The van der Waals surface area contributed by atoms with Gasteiger partial charge in [0.2, 0.25) is 0 Å². The molecule has 1 saturated carbocycles. The lowest BCUT2D eigenvalue weighted by Gasteiger charge is -2.49. The first-order valence-corrected chi connectivity index (χ1v) is 4.90. The maximum Gasteiger partial charge on any atom is 0.133 e. The quantitative estimate of drug-likeness (QED) is 0.585. The van der Waals surface area contributed by atoms with E-state index in [0.29, 0.717) is 12.1 Å². The van der Waals surface area contributed by atoms with Gasteiger partial charge in [0.25, 0.3) is 0 Å². The summed E-state index contributed by atoms with van der Waals surface area (Å²) >= 11 is 0. The van der Waals surface area contributed by atoms with Crippen molar-refractivity contribution >= 4 is 6.29 Å². The Bertz CT molecular complexity index is 176. The Balaban J connectivity index is 2.43. The van der Waals surface area contributed by atoms with Crippen LogP contribution >= 0.6 is 0 Å². The first-order chi connectivity index (χ1) is 6.10. The third-order valence-electron chi connectivity index (χ3n) is 3.18. The predicted molar refractivity (Wildman–Crippen MR) is 53.8 cm³/mol. The fraction of sp³-hybridized carbons (Fsp3) is 0.900. The van der Waals surface area contributed by atoms with Gasteiger partial charge in [-0.25, -0.2) is 0 Å². The maximum absolute atomic E-state index is 10.3.